The van der Waals surface area contributed by atoms with Crippen molar-refractivity contribution >= 4 is 24.4 Å². The van der Waals surface area contributed by atoms with Crippen LogP contribution < -0.4 is 10.8 Å². The van der Waals surface area contributed by atoms with Gasteiger partial charge in [-0.1, -0.05) is 18.2 Å². The molecule has 1 N–H and O–H groups in total. The third-order valence-corrected chi connectivity index (χ3v) is 4.78. The highest BCUT2D eigenvalue weighted by atomic mass is 16.7. The van der Waals surface area contributed by atoms with Crippen LogP contribution in [0.2, 0.25) is 0 Å². The van der Waals surface area contributed by atoms with Crippen LogP contribution in [0, 0.1) is 0 Å². The largest absolute Gasteiger partial charge is 0.494 e. The van der Waals surface area contributed by atoms with Gasteiger partial charge in [0.1, 0.15) is 6.61 Å². The minimum absolute atomic E-state index is 0.172. The van der Waals surface area contributed by atoms with Crippen LogP contribution in [-0.4, -0.2) is 29.4 Å². The van der Waals surface area contributed by atoms with Crippen LogP contribution >= 0.6 is 0 Å². The third kappa shape index (κ3) is 4.06. The molecule has 1 aromatic heterocycles. The minimum atomic E-state index is -0.516. The van der Waals surface area contributed by atoms with E-state index in [1.54, 1.807) is 30.6 Å². The van der Waals surface area contributed by atoms with Crippen molar-refractivity contribution in [2.24, 2.45) is 0 Å². The van der Waals surface area contributed by atoms with Crippen molar-refractivity contribution in [2.75, 3.05) is 5.32 Å². The van der Waals surface area contributed by atoms with E-state index in [1.807, 2.05) is 45.9 Å². The molecule has 0 radical (unpaired) electrons. The van der Waals surface area contributed by atoms with E-state index in [9.17, 15) is 4.79 Å². The molecule has 0 spiro atoms. The van der Waals surface area contributed by atoms with Crippen LogP contribution in [0.25, 0.3) is 0 Å². The number of carbonyl (C=O) groups is 1. The summed E-state index contributed by atoms with van der Waals surface area (Å²) in [6.45, 7) is 8.23. The molecule has 3 rings (SSSR count). The number of aromatic nitrogens is 1. The first-order chi connectivity index (χ1) is 12.3. The van der Waals surface area contributed by atoms with Crippen LogP contribution in [0.1, 0.15) is 33.3 Å². The first-order valence-electron chi connectivity index (χ1n) is 8.55. The highest BCUT2D eigenvalue weighted by Gasteiger charge is 2.51. The summed E-state index contributed by atoms with van der Waals surface area (Å²) in [5, 5.41) is 2.70. The first-order valence-corrected chi connectivity index (χ1v) is 8.55. The number of hydrogen-bond acceptors (Lipinski definition) is 5. The molecule has 0 aliphatic carbocycles. The molecule has 1 saturated heterocycles. The fraction of sp³-hybridized carbons (Fsp3) is 0.368. The smallest absolute Gasteiger partial charge is 0.444 e. The Morgan fingerprint density at radius 2 is 1.77 bits per heavy atom. The normalized spacial score (nSPS) is 17.8. The van der Waals surface area contributed by atoms with Gasteiger partial charge in [-0.05, 0) is 51.4 Å². The maximum atomic E-state index is 11.9. The predicted octanol–water partition coefficient (Wildman–Crippen LogP) is 3.13. The van der Waals surface area contributed by atoms with E-state index in [2.05, 4.69) is 10.3 Å². The van der Waals surface area contributed by atoms with Gasteiger partial charge in [0.25, 0.3) is 0 Å². The summed E-state index contributed by atoms with van der Waals surface area (Å²) in [7, 11) is -0.424. The molecule has 0 atom stereocenters. The lowest BCUT2D eigenvalue weighted by atomic mass is 9.79. The lowest BCUT2D eigenvalue weighted by molar-refractivity contribution is 0.00578. The van der Waals surface area contributed by atoms with E-state index in [0.717, 1.165) is 11.0 Å². The molecule has 26 heavy (non-hydrogen) atoms. The van der Waals surface area contributed by atoms with E-state index < -0.39 is 13.2 Å². The van der Waals surface area contributed by atoms with Gasteiger partial charge in [-0.2, -0.15) is 0 Å². The second-order valence-corrected chi connectivity index (χ2v) is 7.27. The maximum absolute atomic E-state index is 11.9. The summed E-state index contributed by atoms with van der Waals surface area (Å²) >= 11 is 0. The van der Waals surface area contributed by atoms with Gasteiger partial charge in [-0.3, -0.25) is 10.3 Å². The summed E-state index contributed by atoms with van der Waals surface area (Å²) < 4.78 is 17.2. The molecule has 1 fully saturated rings. The van der Waals surface area contributed by atoms with Crippen LogP contribution in [0.5, 0.6) is 0 Å². The van der Waals surface area contributed by atoms with E-state index in [4.69, 9.17) is 14.0 Å². The van der Waals surface area contributed by atoms with Crippen molar-refractivity contribution in [1.82, 2.24) is 4.98 Å². The van der Waals surface area contributed by atoms with E-state index >= 15 is 0 Å². The first kappa shape index (κ1) is 18.4. The molecule has 0 saturated carbocycles. The molecule has 6 nitrogen and oxygen atoms in total. The van der Waals surface area contributed by atoms with Crippen molar-refractivity contribution in [1.29, 1.82) is 0 Å². The number of rotatable bonds is 4. The summed E-state index contributed by atoms with van der Waals surface area (Å²) in [6.07, 6.45) is 2.81. The molecule has 7 heteroatoms. The molecule has 0 bridgehead atoms. The quantitative estimate of drug-likeness (QED) is 0.855. The summed E-state index contributed by atoms with van der Waals surface area (Å²) in [5.74, 6) is 0. The number of benzene rings is 1. The zero-order chi connectivity index (χ0) is 18.8. The minimum Gasteiger partial charge on any atom is -0.444 e. The second-order valence-electron chi connectivity index (χ2n) is 7.27. The maximum Gasteiger partial charge on any atom is 0.494 e. The Kier molecular flexibility index (Phi) is 5.02. The van der Waals surface area contributed by atoms with Gasteiger partial charge < -0.3 is 14.0 Å². The van der Waals surface area contributed by atoms with Gasteiger partial charge in [0.2, 0.25) is 0 Å². The monoisotopic (exact) mass is 354 g/mol. The van der Waals surface area contributed by atoms with E-state index in [-0.39, 0.29) is 17.8 Å². The highest BCUT2D eigenvalue weighted by molar-refractivity contribution is 6.62. The average molecular weight is 354 g/mol. The van der Waals surface area contributed by atoms with Crippen molar-refractivity contribution in [3.63, 3.8) is 0 Å². The molecule has 1 aliphatic heterocycles. The zero-order valence-corrected chi connectivity index (χ0v) is 15.5. The molecule has 2 heterocycles. The van der Waals surface area contributed by atoms with Crippen LogP contribution in [0.4, 0.5) is 10.5 Å². The summed E-state index contributed by atoms with van der Waals surface area (Å²) in [4.78, 5) is 15.9. The van der Waals surface area contributed by atoms with Gasteiger partial charge in [-0.15, -0.1) is 0 Å². The molecule has 2 aromatic rings. The Morgan fingerprint density at radius 3 is 2.35 bits per heavy atom. The Balaban J connectivity index is 1.56. The number of pyridine rings is 1. The summed E-state index contributed by atoms with van der Waals surface area (Å²) in [6, 6.07) is 11.0. The van der Waals surface area contributed by atoms with Crippen molar-refractivity contribution in [2.45, 2.75) is 45.5 Å². The highest BCUT2D eigenvalue weighted by Crippen LogP contribution is 2.36. The van der Waals surface area contributed by atoms with Crippen molar-refractivity contribution < 1.29 is 18.8 Å². The number of carbonyl (C=O) groups excluding carboxylic acids is 1. The van der Waals surface area contributed by atoms with Crippen molar-refractivity contribution in [3.8, 4) is 0 Å². The number of anilines is 1. The SMILES string of the molecule is CC1(C)OB(c2ccc(NC(=O)OCc3cccnc3)cc2)OC1(C)C. The van der Waals surface area contributed by atoms with E-state index in [1.165, 1.54) is 0 Å². The number of nitrogens with one attached hydrogen (secondary N) is 1. The Morgan fingerprint density at radius 1 is 1.12 bits per heavy atom. The van der Waals surface area contributed by atoms with Crippen LogP contribution in [0.15, 0.2) is 48.8 Å². The number of amides is 1. The molecular weight excluding hydrogens is 331 g/mol. The standard InChI is InChI=1S/C19H23BN2O4/c1-18(2)19(3,4)26-20(25-18)15-7-9-16(10-8-15)22-17(23)24-13-14-6-5-11-21-12-14/h5-12H,13H2,1-4H3,(H,22,23). The van der Waals surface area contributed by atoms with Crippen LogP contribution in [-0.2, 0) is 20.7 Å². The second kappa shape index (κ2) is 7.09. The Labute approximate surface area is 154 Å². The van der Waals surface area contributed by atoms with Crippen LogP contribution in [0.3, 0.4) is 0 Å². The molecular formula is C19H23BN2O4. The molecule has 1 amide bonds. The van der Waals surface area contributed by atoms with E-state index in [0.29, 0.717) is 5.69 Å². The molecule has 0 unspecified atom stereocenters. The third-order valence-electron chi connectivity index (χ3n) is 4.78. The topological polar surface area (TPSA) is 69.7 Å². The Hall–Kier alpha value is -2.38. The van der Waals surface area contributed by atoms with Crippen molar-refractivity contribution in [3.05, 3.63) is 54.4 Å². The Bertz CT molecular complexity index is 747. The average Bonchev–Trinajstić information content (AvgIpc) is 2.82. The molecule has 1 aliphatic rings. The molecule has 1 aromatic carbocycles. The van der Waals surface area contributed by atoms with Gasteiger partial charge in [-0.25, -0.2) is 4.79 Å². The fourth-order valence-corrected chi connectivity index (χ4v) is 2.49. The fourth-order valence-electron chi connectivity index (χ4n) is 2.49. The number of hydrogen-bond donors (Lipinski definition) is 1. The van der Waals surface area contributed by atoms with Gasteiger partial charge in [0, 0.05) is 23.6 Å². The lowest BCUT2D eigenvalue weighted by Crippen LogP contribution is -2.41. The zero-order valence-electron chi connectivity index (χ0n) is 15.5. The van der Waals surface area contributed by atoms with Gasteiger partial charge >= 0.3 is 13.2 Å². The molecule has 136 valence electrons. The lowest BCUT2D eigenvalue weighted by Gasteiger charge is -2.32. The van der Waals surface area contributed by atoms with Gasteiger partial charge in [0.05, 0.1) is 11.2 Å². The summed E-state index contributed by atoms with van der Waals surface area (Å²) in [5.41, 5.74) is 1.60. The van der Waals surface area contributed by atoms with Gasteiger partial charge in [0.15, 0.2) is 0 Å². The predicted molar refractivity (Wildman–Crippen MR) is 100 cm³/mol. The number of ether oxygens (including phenoxy) is 1. The number of nitrogens with zero attached hydrogens (tertiary/aromatic N) is 1.